The fourth-order valence-electron chi connectivity index (χ4n) is 1.96. The molecule has 0 aromatic carbocycles. The Morgan fingerprint density at radius 1 is 1.45 bits per heavy atom. The summed E-state index contributed by atoms with van der Waals surface area (Å²) >= 11 is 0. The van der Waals surface area contributed by atoms with Gasteiger partial charge in [0.15, 0.2) is 10.7 Å². The third-order valence-electron chi connectivity index (χ3n) is 2.97. The molecule has 0 aliphatic heterocycles. The summed E-state index contributed by atoms with van der Waals surface area (Å²) in [5.74, 6) is 0. The first-order valence-corrected chi connectivity index (χ1v) is 7.92. The molecule has 0 radical (unpaired) electrons. The van der Waals surface area contributed by atoms with E-state index < -0.39 is 10.0 Å². The maximum absolute atomic E-state index is 12.4. The summed E-state index contributed by atoms with van der Waals surface area (Å²) in [5, 5.41) is 10.8. The third kappa shape index (κ3) is 2.78. The van der Waals surface area contributed by atoms with E-state index in [0.29, 0.717) is 29.9 Å². The van der Waals surface area contributed by atoms with Gasteiger partial charge in [-0.25, -0.2) is 4.98 Å². The van der Waals surface area contributed by atoms with Crippen LogP contribution >= 0.6 is 0 Å². The van der Waals surface area contributed by atoms with E-state index in [1.807, 2.05) is 0 Å². The predicted molar refractivity (Wildman–Crippen MR) is 78.8 cm³/mol. The number of hydrogen-bond donors (Lipinski definition) is 2. The van der Waals surface area contributed by atoms with Gasteiger partial charge in [-0.05, 0) is 12.1 Å². The molecule has 0 fully saturated rings. The van der Waals surface area contributed by atoms with Crippen molar-refractivity contribution in [1.29, 1.82) is 0 Å². The van der Waals surface area contributed by atoms with E-state index in [9.17, 15) is 8.42 Å². The number of aromatic amines is 1. The average molecular weight is 322 g/mol. The molecule has 3 rings (SSSR count). The number of hydrogen-bond acceptors (Lipinski definition) is 6. The van der Waals surface area contributed by atoms with Crippen LogP contribution in [0.2, 0.25) is 0 Å². The Bertz CT molecular complexity index is 885. The van der Waals surface area contributed by atoms with Gasteiger partial charge in [0.25, 0.3) is 10.0 Å². The molecule has 0 amide bonds. The lowest BCUT2D eigenvalue weighted by Crippen LogP contribution is -2.13. The first-order valence-electron chi connectivity index (χ1n) is 6.43. The minimum atomic E-state index is -3.80. The number of aromatic nitrogens is 5. The zero-order chi connectivity index (χ0) is 15.6. The lowest BCUT2D eigenvalue weighted by atomic mass is 10.4. The summed E-state index contributed by atoms with van der Waals surface area (Å²) in [6.07, 6.45) is 4.57. The van der Waals surface area contributed by atoms with E-state index in [1.165, 1.54) is 6.20 Å². The van der Waals surface area contributed by atoms with Crippen LogP contribution < -0.4 is 4.72 Å². The van der Waals surface area contributed by atoms with Crippen molar-refractivity contribution in [3.63, 3.8) is 0 Å². The quantitative estimate of drug-likeness (QED) is 0.687. The first kappa shape index (κ1) is 14.5. The topological polar surface area (TPSA) is 115 Å². The Hall–Kier alpha value is -2.46. The molecule has 0 aliphatic carbocycles. The fraction of sp³-hybridized carbons (Fsp3) is 0.250. The summed E-state index contributed by atoms with van der Waals surface area (Å²) < 4.78 is 33.8. The maximum atomic E-state index is 12.4. The van der Waals surface area contributed by atoms with Crippen molar-refractivity contribution in [3.05, 3.63) is 30.7 Å². The third-order valence-corrected chi connectivity index (χ3v) is 4.33. The highest BCUT2D eigenvalue weighted by Gasteiger charge is 2.21. The van der Waals surface area contributed by atoms with Crippen molar-refractivity contribution < 1.29 is 13.2 Å². The molecule has 0 unspecified atom stereocenters. The molecule has 9 nitrogen and oxygen atoms in total. The number of pyridine rings is 1. The van der Waals surface area contributed by atoms with Gasteiger partial charge in [0.1, 0.15) is 0 Å². The molecule has 0 bridgehead atoms. The molecule has 116 valence electrons. The van der Waals surface area contributed by atoms with Gasteiger partial charge >= 0.3 is 0 Å². The molecule has 0 spiro atoms. The number of nitrogens with one attached hydrogen (secondary N) is 2. The molecule has 0 saturated heterocycles. The van der Waals surface area contributed by atoms with Crippen LogP contribution in [0.1, 0.15) is 0 Å². The Morgan fingerprint density at radius 3 is 3.14 bits per heavy atom. The van der Waals surface area contributed by atoms with Crippen molar-refractivity contribution in [2.45, 2.75) is 11.6 Å². The molecule has 3 aromatic rings. The number of H-pyrrole nitrogens is 1. The lowest BCUT2D eigenvalue weighted by Gasteiger charge is -2.03. The number of ether oxygens (including phenoxy) is 1. The fourth-order valence-corrected chi connectivity index (χ4v) is 3.09. The second-order valence-corrected chi connectivity index (χ2v) is 6.14. The Labute approximate surface area is 126 Å². The molecule has 22 heavy (non-hydrogen) atoms. The van der Waals surface area contributed by atoms with Gasteiger partial charge < -0.3 is 4.74 Å². The van der Waals surface area contributed by atoms with Crippen LogP contribution in [0.4, 0.5) is 5.69 Å². The number of methoxy groups -OCH3 is 1. The monoisotopic (exact) mass is 322 g/mol. The number of anilines is 1. The van der Waals surface area contributed by atoms with E-state index in [1.54, 1.807) is 36.3 Å². The van der Waals surface area contributed by atoms with Gasteiger partial charge in [0.05, 0.1) is 30.4 Å². The van der Waals surface area contributed by atoms with E-state index in [4.69, 9.17) is 4.74 Å². The lowest BCUT2D eigenvalue weighted by molar-refractivity contribution is 0.183. The van der Waals surface area contributed by atoms with Gasteiger partial charge in [-0.1, -0.05) is 0 Å². The molecule has 0 atom stereocenters. The smallest absolute Gasteiger partial charge is 0.279 e. The highest BCUT2D eigenvalue weighted by Crippen LogP contribution is 2.20. The van der Waals surface area contributed by atoms with Crippen LogP contribution in [0.3, 0.4) is 0 Å². The summed E-state index contributed by atoms with van der Waals surface area (Å²) in [6.45, 7) is 1.03. The zero-order valence-corrected chi connectivity index (χ0v) is 12.5. The molecular weight excluding hydrogens is 308 g/mol. The van der Waals surface area contributed by atoms with E-state index in [0.717, 1.165) is 0 Å². The zero-order valence-electron chi connectivity index (χ0n) is 11.7. The minimum absolute atomic E-state index is 0.0276. The van der Waals surface area contributed by atoms with Gasteiger partial charge in [-0.2, -0.15) is 18.6 Å². The number of fused-ring (bicyclic) bond motifs is 1. The maximum Gasteiger partial charge on any atom is 0.279 e. The number of sulfonamides is 1. The first-order chi connectivity index (χ1) is 10.6. The molecule has 3 heterocycles. The molecular formula is C12H14N6O3S. The van der Waals surface area contributed by atoms with Gasteiger partial charge in [-0.3, -0.25) is 14.5 Å². The SMILES string of the molecule is COCCn1cc(NS(=O)(=O)c2[nH]nc3ncccc23)cn1. The number of rotatable bonds is 6. The van der Waals surface area contributed by atoms with Crippen LogP contribution in [-0.4, -0.2) is 47.1 Å². The standard InChI is InChI=1S/C12H14N6O3S/c1-21-6-5-18-8-9(7-14-18)17-22(19,20)12-10-3-2-4-13-11(10)15-16-12/h2-4,7-8,17H,5-6H2,1H3,(H,13,15,16). The van der Waals surface area contributed by atoms with Crippen molar-refractivity contribution in [1.82, 2.24) is 25.0 Å². The van der Waals surface area contributed by atoms with Gasteiger partial charge in [0, 0.05) is 19.5 Å². The Balaban J connectivity index is 1.86. The van der Waals surface area contributed by atoms with Crippen LogP contribution in [0.5, 0.6) is 0 Å². The second-order valence-electron chi connectivity index (χ2n) is 4.52. The van der Waals surface area contributed by atoms with Crippen LogP contribution in [0.25, 0.3) is 11.0 Å². The van der Waals surface area contributed by atoms with E-state index in [2.05, 4.69) is 25.0 Å². The van der Waals surface area contributed by atoms with Crippen LogP contribution in [0, 0.1) is 0 Å². The highest BCUT2D eigenvalue weighted by atomic mass is 32.2. The van der Waals surface area contributed by atoms with Crippen molar-refractivity contribution in [2.24, 2.45) is 0 Å². The van der Waals surface area contributed by atoms with Crippen molar-refractivity contribution >= 4 is 26.7 Å². The van der Waals surface area contributed by atoms with Gasteiger partial charge in [-0.15, -0.1) is 0 Å². The highest BCUT2D eigenvalue weighted by molar-refractivity contribution is 7.92. The van der Waals surface area contributed by atoms with E-state index in [-0.39, 0.29) is 5.03 Å². The summed E-state index contributed by atoms with van der Waals surface area (Å²) in [4.78, 5) is 4.00. The van der Waals surface area contributed by atoms with Crippen LogP contribution in [0.15, 0.2) is 35.7 Å². The summed E-state index contributed by atoms with van der Waals surface area (Å²) in [7, 11) is -2.21. The molecule has 10 heteroatoms. The van der Waals surface area contributed by atoms with Gasteiger partial charge in [0.2, 0.25) is 0 Å². The number of nitrogens with zero attached hydrogens (tertiary/aromatic N) is 4. The van der Waals surface area contributed by atoms with E-state index >= 15 is 0 Å². The molecule has 3 aromatic heterocycles. The minimum Gasteiger partial charge on any atom is -0.383 e. The van der Waals surface area contributed by atoms with Crippen molar-refractivity contribution in [3.8, 4) is 0 Å². The summed E-state index contributed by atoms with van der Waals surface area (Å²) in [5.41, 5.74) is 0.710. The normalized spacial score (nSPS) is 11.9. The van der Waals surface area contributed by atoms with Crippen LogP contribution in [-0.2, 0) is 21.3 Å². The molecule has 0 aliphatic rings. The second kappa shape index (κ2) is 5.73. The molecule has 0 saturated carbocycles. The Kier molecular flexibility index (Phi) is 3.77. The average Bonchev–Trinajstić information content (AvgIpc) is 3.11. The summed E-state index contributed by atoms with van der Waals surface area (Å²) in [6, 6.07) is 3.29. The molecule has 2 N–H and O–H groups in total. The largest absolute Gasteiger partial charge is 0.383 e. The van der Waals surface area contributed by atoms with Crippen molar-refractivity contribution in [2.75, 3.05) is 18.4 Å². The predicted octanol–water partition coefficient (Wildman–Crippen LogP) is 0.602. The Morgan fingerprint density at radius 2 is 2.32 bits per heavy atom.